The maximum Gasteiger partial charge on any atom is -0.0826 e. The first kappa shape index (κ1) is 9.72. The highest BCUT2D eigenvalue weighted by Gasteiger charge is 1.89. The molecule has 0 nitrogen and oxygen atoms in total. The minimum absolute atomic E-state index is 1.25. The van der Waals surface area contributed by atoms with E-state index in [2.05, 4.69) is 62.3 Å². The molecule has 2 aliphatic rings. The summed E-state index contributed by atoms with van der Waals surface area (Å²) in [6, 6.07) is 0. The van der Waals surface area contributed by atoms with E-state index in [4.69, 9.17) is 0 Å². The van der Waals surface area contributed by atoms with Crippen LogP contribution in [0.25, 0.3) is 0 Å². The van der Waals surface area contributed by atoms with Crippen LogP contribution in [0.3, 0.4) is 0 Å². The van der Waals surface area contributed by atoms with E-state index in [0.29, 0.717) is 0 Å². The van der Waals surface area contributed by atoms with E-state index in [1.807, 2.05) is 12.2 Å². The number of hydrogen-bond acceptors (Lipinski definition) is 0. The molecule has 0 aliphatic heterocycles. The summed E-state index contributed by atoms with van der Waals surface area (Å²) in [5.74, 6) is 0. The SMILES string of the molecule is CC(C=C1C=CC=C[CH-]1)=C1C=CC=C[CH-]1. The van der Waals surface area contributed by atoms with E-state index < -0.39 is 0 Å². The van der Waals surface area contributed by atoms with Crippen LogP contribution >= 0.6 is 0 Å². The Balaban J connectivity index is 2.18. The Labute approximate surface area is 91.7 Å². The van der Waals surface area contributed by atoms with Crippen LogP contribution in [0.1, 0.15) is 6.92 Å². The molecular formula is C15H14-2. The molecule has 15 heavy (non-hydrogen) atoms. The molecule has 0 fully saturated rings. The Kier molecular flexibility index (Phi) is 2.99. The van der Waals surface area contributed by atoms with Crippen molar-refractivity contribution in [3.63, 3.8) is 0 Å². The lowest BCUT2D eigenvalue weighted by atomic mass is 9.98. The Morgan fingerprint density at radius 1 is 1.00 bits per heavy atom. The van der Waals surface area contributed by atoms with Crippen molar-refractivity contribution in [1.29, 1.82) is 0 Å². The second-order valence-electron chi connectivity index (χ2n) is 3.60. The van der Waals surface area contributed by atoms with E-state index in [9.17, 15) is 0 Å². The molecule has 0 aromatic heterocycles. The second kappa shape index (κ2) is 4.61. The third kappa shape index (κ3) is 2.57. The third-order valence-corrected chi connectivity index (χ3v) is 2.41. The van der Waals surface area contributed by atoms with Gasteiger partial charge >= 0.3 is 0 Å². The van der Waals surface area contributed by atoms with Gasteiger partial charge in [0.2, 0.25) is 0 Å². The quantitative estimate of drug-likeness (QED) is 0.555. The molecule has 0 bridgehead atoms. The topological polar surface area (TPSA) is 0 Å². The molecule has 0 N–H and O–H groups in total. The van der Waals surface area contributed by atoms with Gasteiger partial charge in [-0.15, -0.1) is 61.4 Å². The Morgan fingerprint density at radius 2 is 1.73 bits per heavy atom. The van der Waals surface area contributed by atoms with Gasteiger partial charge in [0.15, 0.2) is 0 Å². The average Bonchev–Trinajstić information content (AvgIpc) is 2.31. The number of rotatable bonds is 1. The van der Waals surface area contributed by atoms with Crippen molar-refractivity contribution < 1.29 is 0 Å². The lowest BCUT2D eigenvalue weighted by Gasteiger charge is -2.18. The van der Waals surface area contributed by atoms with Crippen LogP contribution in [-0.4, -0.2) is 0 Å². The fraction of sp³-hybridized carbons (Fsp3) is 0.0667. The predicted octanol–water partition coefficient (Wildman–Crippen LogP) is 3.89. The van der Waals surface area contributed by atoms with Gasteiger partial charge in [0.05, 0.1) is 0 Å². The highest BCUT2D eigenvalue weighted by atomic mass is 14.1. The van der Waals surface area contributed by atoms with Crippen molar-refractivity contribution in [2.45, 2.75) is 6.92 Å². The van der Waals surface area contributed by atoms with Crippen LogP contribution in [0.2, 0.25) is 0 Å². The first-order valence-corrected chi connectivity index (χ1v) is 5.15. The summed E-state index contributed by atoms with van der Waals surface area (Å²) in [4.78, 5) is 0. The van der Waals surface area contributed by atoms with Crippen molar-refractivity contribution in [3.8, 4) is 0 Å². The van der Waals surface area contributed by atoms with Crippen LogP contribution < -0.4 is 0 Å². The van der Waals surface area contributed by atoms with Gasteiger partial charge in [-0.25, -0.2) is 0 Å². The smallest absolute Gasteiger partial charge is 0.0826 e. The molecule has 0 radical (unpaired) electrons. The van der Waals surface area contributed by atoms with Crippen molar-refractivity contribution in [2.24, 2.45) is 0 Å². The van der Waals surface area contributed by atoms with E-state index in [0.717, 1.165) is 0 Å². The van der Waals surface area contributed by atoms with Gasteiger partial charge in [-0.2, -0.15) is 22.8 Å². The molecule has 0 saturated heterocycles. The van der Waals surface area contributed by atoms with Gasteiger partial charge < -0.3 is 0 Å². The molecule has 0 saturated carbocycles. The van der Waals surface area contributed by atoms with Gasteiger partial charge in [0.1, 0.15) is 0 Å². The van der Waals surface area contributed by atoms with Gasteiger partial charge in [-0.3, -0.25) is 0 Å². The van der Waals surface area contributed by atoms with Gasteiger partial charge in [-0.1, -0.05) is 6.92 Å². The van der Waals surface area contributed by atoms with Crippen molar-refractivity contribution in [3.05, 3.63) is 84.2 Å². The molecule has 76 valence electrons. The minimum Gasteiger partial charge on any atom is -0.174 e. The maximum atomic E-state index is 2.20. The van der Waals surface area contributed by atoms with Gasteiger partial charge in [0, 0.05) is 0 Å². The molecule has 0 heterocycles. The molecule has 0 aromatic carbocycles. The highest BCUT2D eigenvalue weighted by molar-refractivity contribution is 5.49. The summed E-state index contributed by atoms with van der Waals surface area (Å²) in [5.41, 5.74) is 3.82. The van der Waals surface area contributed by atoms with Crippen LogP contribution in [0, 0.1) is 12.8 Å². The van der Waals surface area contributed by atoms with E-state index in [1.54, 1.807) is 0 Å². The van der Waals surface area contributed by atoms with E-state index >= 15 is 0 Å². The molecule has 2 aliphatic carbocycles. The number of allylic oxidation sites excluding steroid dienone is 12. The van der Waals surface area contributed by atoms with Crippen LogP contribution in [-0.2, 0) is 0 Å². The second-order valence-corrected chi connectivity index (χ2v) is 3.60. The normalized spacial score (nSPS) is 23.9. The van der Waals surface area contributed by atoms with Gasteiger partial charge in [0.25, 0.3) is 0 Å². The molecule has 0 amide bonds. The largest absolute Gasteiger partial charge is 0.174 e. The molecule has 0 spiro atoms. The molecule has 0 unspecified atom stereocenters. The predicted molar refractivity (Wildman–Crippen MR) is 65.9 cm³/mol. The summed E-state index contributed by atoms with van der Waals surface area (Å²) >= 11 is 0. The van der Waals surface area contributed by atoms with Crippen molar-refractivity contribution in [2.75, 3.05) is 0 Å². The molecule has 0 atom stereocenters. The fourth-order valence-electron chi connectivity index (χ4n) is 1.58. The zero-order chi connectivity index (χ0) is 10.5. The van der Waals surface area contributed by atoms with Crippen molar-refractivity contribution in [1.82, 2.24) is 0 Å². The molecule has 0 aromatic rings. The number of hydrogen-bond donors (Lipinski definition) is 0. The Bertz CT molecular complexity index is 409. The summed E-state index contributed by atoms with van der Waals surface area (Å²) in [5, 5.41) is 0. The summed E-state index contributed by atoms with van der Waals surface area (Å²) in [7, 11) is 0. The van der Waals surface area contributed by atoms with Crippen LogP contribution in [0.4, 0.5) is 0 Å². The molecule has 0 heteroatoms. The zero-order valence-corrected chi connectivity index (χ0v) is 8.85. The van der Waals surface area contributed by atoms with E-state index in [-0.39, 0.29) is 0 Å². The van der Waals surface area contributed by atoms with Crippen molar-refractivity contribution >= 4 is 0 Å². The van der Waals surface area contributed by atoms with Crippen LogP contribution in [0.5, 0.6) is 0 Å². The van der Waals surface area contributed by atoms with Gasteiger partial charge in [-0.05, 0) is 0 Å². The minimum atomic E-state index is 1.25. The standard InChI is InChI=1S/C15H14/c1-13(15-10-6-3-7-11-15)12-14-8-4-2-5-9-14/h2-12H,1H3/q-2. The Morgan fingerprint density at radius 3 is 2.33 bits per heavy atom. The summed E-state index contributed by atoms with van der Waals surface area (Å²) in [6.45, 7) is 2.14. The highest BCUT2D eigenvalue weighted by Crippen LogP contribution is 2.18. The van der Waals surface area contributed by atoms with E-state index in [1.165, 1.54) is 16.7 Å². The maximum absolute atomic E-state index is 2.20. The summed E-state index contributed by atoms with van der Waals surface area (Å²) < 4.78 is 0. The summed E-state index contributed by atoms with van der Waals surface area (Å²) in [6.07, 6.45) is 23.0. The third-order valence-electron chi connectivity index (χ3n) is 2.41. The first-order valence-electron chi connectivity index (χ1n) is 5.15. The lowest BCUT2D eigenvalue weighted by molar-refractivity contribution is 1.36. The monoisotopic (exact) mass is 194 g/mol. The zero-order valence-electron chi connectivity index (χ0n) is 8.85. The molecule has 2 rings (SSSR count). The average molecular weight is 194 g/mol. The first-order chi connectivity index (χ1) is 7.36. The molecular weight excluding hydrogens is 180 g/mol. The Hall–Kier alpha value is -1.82. The van der Waals surface area contributed by atoms with Crippen LogP contribution in [0.15, 0.2) is 71.4 Å². The fourth-order valence-corrected chi connectivity index (χ4v) is 1.58. The lowest BCUT2D eigenvalue weighted by Crippen LogP contribution is -1.89.